The highest BCUT2D eigenvalue weighted by Gasteiger charge is 2.05. The minimum atomic E-state index is 0.310. The van der Waals surface area contributed by atoms with Gasteiger partial charge in [0, 0.05) is 16.2 Å². The zero-order valence-corrected chi connectivity index (χ0v) is 11.8. The van der Waals surface area contributed by atoms with E-state index in [9.17, 15) is 5.11 Å². The van der Waals surface area contributed by atoms with Gasteiger partial charge < -0.3 is 10.4 Å². The van der Waals surface area contributed by atoms with Gasteiger partial charge in [0.25, 0.3) is 0 Å². The van der Waals surface area contributed by atoms with E-state index in [0.29, 0.717) is 11.8 Å². The van der Waals surface area contributed by atoms with E-state index in [1.165, 1.54) is 5.56 Å². The molecule has 2 rings (SSSR count). The van der Waals surface area contributed by atoms with Crippen LogP contribution in [0, 0.1) is 0 Å². The van der Waals surface area contributed by atoms with Crippen molar-refractivity contribution in [2.24, 2.45) is 0 Å². The molecule has 0 radical (unpaired) electrons. The van der Waals surface area contributed by atoms with Crippen molar-refractivity contribution in [3.63, 3.8) is 0 Å². The van der Waals surface area contributed by atoms with E-state index in [1.807, 2.05) is 30.3 Å². The van der Waals surface area contributed by atoms with Gasteiger partial charge in [-0.05, 0) is 59.1 Å². The van der Waals surface area contributed by atoms with Crippen LogP contribution in [0.1, 0.15) is 12.5 Å². The van der Waals surface area contributed by atoms with Gasteiger partial charge in [-0.2, -0.15) is 0 Å². The van der Waals surface area contributed by atoms with Gasteiger partial charge in [0.2, 0.25) is 0 Å². The van der Waals surface area contributed by atoms with Crippen LogP contribution in [0.15, 0.2) is 53.0 Å². The Balaban J connectivity index is 1.99. The third-order valence-corrected chi connectivity index (χ3v) is 3.45. The van der Waals surface area contributed by atoms with Gasteiger partial charge >= 0.3 is 0 Å². The van der Waals surface area contributed by atoms with Crippen LogP contribution in [-0.2, 0) is 6.42 Å². The Hall–Kier alpha value is -1.48. The molecule has 2 nitrogen and oxygen atoms in total. The Kier molecular flexibility index (Phi) is 4.26. The summed E-state index contributed by atoms with van der Waals surface area (Å²) < 4.78 is 1.07. The molecule has 1 atom stereocenters. The van der Waals surface area contributed by atoms with Gasteiger partial charge in [0.15, 0.2) is 0 Å². The van der Waals surface area contributed by atoms with Crippen LogP contribution in [0.2, 0.25) is 0 Å². The summed E-state index contributed by atoms with van der Waals surface area (Å²) >= 11 is 3.52. The number of aromatic hydroxyl groups is 1. The number of nitrogens with one attached hydrogen (secondary N) is 1. The number of hydrogen-bond donors (Lipinski definition) is 2. The quantitative estimate of drug-likeness (QED) is 0.887. The second-order valence-electron chi connectivity index (χ2n) is 4.40. The van der Waals surface area contributed by atoms with E-state index < -0.39 is 0 Å². The molecule has 0 heterocycles. The molecule has 0 saturated carbocycles. The predicted octanol–water partition coefficient (Wildman–Crippen LogP) is 4.20. The molecule has 18 heavy (non-hydrogen) atoms. The molecular formula is C15H16BrNO. The molecular weight excluding hydrogens is 290 g/mol. The van der Waals surface area contributed by atoms with Crippen molar-refractivity contribution < 1.29 is 5.11 Å². The molecule has 0 aliphatic carbocycles. The Bertz CT molecular complexity index is 510. The number of halogens is 1. The third-order valence-electron chi connectivity index (χ3n) is 2.75. The minimum absolute atomic E-state index is 0.310. The first-order valence-corrected chi connectivity index (χ1v) is 6.73. The maximum atomic E-state index is 9.24. The molecule has 2 aromatic rings. The first kappa shape index (κ1) is 13.0. The summed E-state index contributed by atoms with van der Waals surface area (Å²) in [4.78, 5) is 0. The van der Waals surface area contributed by atoms with Crippen molar-refractivity contribution in [2.75, 3.05) is 5.32 Å². The zero-order valence-electron chi connectivity index (χ0n) is 10.2. The number of benzene rings is 2. The van der Waals surface area contributed by atoms with E-state index in [1.54, 1.807) is 12.1 Å². The fraction of sp³-hybridized carbons (Fsp3) is 0.200. The topological polar surface area (TPSA) is 32.3 Å². The van der Waals surface area contributed by atoms with Crippen molar-refractivity contribution in [1.29, 1.82) is 0 Å². The average Bonchev–Trinajstić information content (AvgIpc) is 2.35. The van der Waals surface area contributed by atoms with Crippen molar-refractivity contribution in [3.05, 3.63) is 58.6 Å². The van der Waals surface area contributed by atoms with Crippen LogP contribution in [-0.4, -0.2) is 11.1 Å². The fourth-order valence-corrected chi connectivity index (χ4v) is 2.28. The lowest BCUT2D eigenvalue weighted by Gasteiger charge is -2.16. The van der Waals surface area contributed by atoms with Gasteiger partial charge in [-0.3, -0.25) is 0 Å². The zero-order chi connectivity index (χ0) is 13.0. The molecule has 0 spiro atoms. The normalized spacial score (nSPS) is 12.1. The van der Waals surface area contributed by atoms with E-state index in [-0.39, 0.29) is 0 Å². The van der Waals surface area contributed by atoms with Crippen LogP contribution < -0.4 is 5.32 Å². The lowest BCUT2D eigenvalue weighted by Crippen LogP contribution is -2.18. The number of para-hydroxylation sites is 1. The molecule has 0 aliphatic rings. The number of phenolic OH excluding ortho intramolecular Hbond substituents is 1. The van der Waals surface area contributed by atoms with Crippen molar-refractivity contribution in [1.82, 2.24) is 0 Å². The third kappa shape index (κ3) is 3.50. The maximum absolute atomic E-state index is 9.24. The standard InChI is InChI=1S/C15H16BrNO/c1-11(10-12-6-8-13(18)9-7-12)17-15-5-3-2-4-14(15)16/h2-9,11,17-18H,10H2,1H3. The van der Waals surface area contributed by atoms with Crippen LogP contribution >= 0.6 is 15.9 Å². The summed E-state index contributed by atoms with van der Waals surface area (Å²) in [6.45, 7) is 2.15. The van der Waals surface area contributed by atoms with E-state index in [2.05, 4.69) is 34.2 Å². The molecule has 0 aromatic heterocycles. The largest absolute Gasteiger partial charge is 0.508 e. The SMILES string of the molecule is CC(Cc1ccc(O)cc1)Nc1ccccc1Br. The molecule has 0 bridgehead atoms. The van der Waals surface area contributed by atoms with Gasteiger partial charge in [-0.25, -0.2) is 0 Å². The summed E-state index contributed by atoms with van der Waals surface area (Å²) in [6.07, 6.45) is 0.918. The molecule has 2 N–H and O–H groups in total. The van der Waals surface area contributed by atoms with Gasteiger partial charge in [-0.1, -0.05) is 24.3 Å². The number of phenols is 1. The highest BCUT2D eigenvalue weighted by atomic mass is 79.9. The number of rotatable bonds is 4. The van der Waals surface area contributed by atoms with Crippen molar-refractivity contribution >= 4 is 21.6 Å². The molecule has 2 aromatic carbocycles. The van der Waals surface area contributed by atoms with Crippen molar-refractivity contribution in [2.45, 2.75) is 19.4 Å². The van der Waals surface area contributed by atoms with E-state index in [4.69, 9.17) is 0 Å². The second-order valence-corrected chi connectivity index (χ2v) is 5.25. The minimum Gasteiger partial charge on any atom is -0.508 e. The van der Waals surface area contributed by atoms with Crippen LogP contribution in [0.5, 0.6) is 5.75 Å². The number of hydrogen-bond acceptors (Lipinski definition) is 2. The summed E-state index contributed by atoms with van der Waals surface area (Å²) in [6, 6.07) is 15.8. The Labute approximate surface area is 116 Å². The highest BCUT2D eigenvalue weighted by Crippen LogP contribution is 2.22. The van der Waals surface area contributed by atoms with Gasteiger partial charge in [0.1, 0.15) is 5.75 Å². The molecule has 94 valence electrons. The van der Waals surface area contributed by atoms with Gasteiger partial charge in [0.05, 0.1) is 0 Å². The van der Waals surface area contributed by atoms with Crippen LogP contribution in [0.3, 0.4) is 0 Å². The molecule has 0 aliphatic heterocycles. The molecule has 3 heteroatoms. The van der Waals surface area contributed by atoms with Crippen molar-refractivity contribution in [3.8, 4) is 5.75 Å². The summed E-state index contributed by atoms with van der Waals surface area (Å²) in [5, 5.41) is 12.7. The molecule has 0 amide bonds. The molecule has 1 unspecified atom stereocenters. The Morgan fingerprint density at radius 1 is 1.11 bits per heavy atom. The molecule has 0 saturated heterocycles. The monoisotopic (exact) mass is 305 g/mol. The summed E-state index contributed by atoms with van der Waals surface area (Å²) in [5.41, 5.74) is 2.31. The Morgan fingerprint density at radius 3 is 2.44 bits per heavy atom. The average molecular weight is 306 g/mol. The predicted molar refractivity (Wildman–Crippen MR) is 79.0 cm³/mol. The van der Waals surface area contributed by atoms with Gasteiger partial charge in [-0.15, -0.1) is 0 Å². The summed E-state index contributed by atoms with van der Waals surface area (Å²) in [7, 11) is 0. The smallest absolute Gasteiger partial charge is 0.115 e. The number of anilines is 1. The van der Waals surface area contributed by atoms with E-state index in [0.717, 1.165) is 16.6 Å². The maximum Gasteiger partial charge on any atom is 0.115 e. The molecule has 0 fully saturated rings. The first-order valence-electron chi connectivity index (χ1n) is 5.94. The lowest BCUT2D eigenvalue weighted by molar-refractivity contribution is 0.475. The highest BCUT2D eigenvalue weighted by molar-refractivity contribution is 9.10. The second kappa shape index (κ2) is 5.91. The van der Waals surface area contributed by atoms with Crippen LogP contribution in [0.25, 0.3) is 0 Å². The summed E-state index contributed by atoms with van der Waals surface area (Å²) in [5.74, 6) is 0.310. The van der Waals surface area contributed by atoms with E-state index >= 15 is 0 Å². The fourth-order valence-electron chi connectivity index (χ4n) is 1.88. The first-order chi connectivity index (χ1) is 8.65. The van der Waals surface area contributed by atoms with Crippen LogP contribution in [0.4, 0.5) is 5.69 Å². The lowest BCUT2D eigenvalue weighted by atomic mass is 10.1. The Morgan fingerprint density at radius 2 is 1.78 bits per heavy atom.